The Morgan fingerprint density at radius 2 is 1.91 bits per heavy atom. The molecule has 8 heteroatoms. The minimum absolute atomic E-state index is 0.240. The quantitative estimate of drug-likeness (QED) is 0.778. The number of rotatable bonds is 5. The number of carbonyl (C=O) groups is 1. The Hall–Kier alpha value is -2.48. The van der Waals surface area contributed by atoms with Crippen molar-refractivity contribution in [1.29, 1.82) is 0 Å². The second-order valence-electron chi connectivity index (χ2n) is 5.02. The molecule has 0 saturated heterocycles. The highest BCUT2D eigenvalue weighted by molar-refractivity contribution is 7.18. The number of hydrogen-bond donors (Lipinski definition) is 1. The summed E-state index contributed by atoms with van der Waals surface area (Å²) < 4.78 is 1.57. The van der Waals surface area contributed by atoms with Crippen molar-refractivity contribution in [3.8, 4) is 0 Å². The number of aryl methyl sites for hydroxylation is 1. The molecule has 23 heavy (non-hydrogen) atoms. The number of hydrogen-bond acceptors (Lipinski definition) is 6. The molecule has 2 aromatic heterocycles. The summed E-state index contributed by atoms with van der Waals surface area (Å²) >= 11 is 1.22. The number of nitrogens with one attached hydrogen (secondary N) is 1. The lowest BCUT2D eigenvalue weighted by Crippen LogP contribution is -2.21. The second-order valence-corrected chi connectivity index (χ2v) is 5.98. The van der Waals surface area contributed by atoms with Gasteiger partial charge in [-0.3, -0.25) is 4.79 Å². The Balaban J connectivity index is 1.74. The van der Waals surface area contributed by atoms with E-state index >= 15 is 0 Å². The van der Waals surface area contributed by atoms with E-state index < -0.39 is 0 Å². The Morgan fingerprint density at radius 1 is 1.22 bits per heavy atom. The third-order valence-corrected chi connectivity index (χ3v) is 4.49. The van der Waals surface area contributed by atoms with Crippen LogP contribution < -0.4 is 10.2 Å². The maximum atomic E-state index is 12.3. The van der Waals surface area contributed by atoms with Crippen molar-refractivity contribution in [1.82, 2.24) is 19.8 Å². The van der Waals surface area contributed by atoms with Gasteiger partial charge < -0.3 is 10.2 Å². The number of fused-ring (bicyclic) bond motifs is 1. The molecule has 0 bridgehead atoms. The molecule has 1 aromatic carbocycles. The van der Waals surface area contributed by atoms with E-state index in [1.165, 1.54) is 11.3 Å². The van der Waals surface area contributed by atoms with E-state index in [-0.39, 0.29) is 5.91 Å². The van der Waals surface area contributed by atoms with Crippen LogP contribution >= 0.6 is 11.3 Å². The highest BCUT2D eigenvalue weighted by atomic mass is 32.1. The average molecular weight is 330 g/mol. The summed E-state index contributed by atoms with van der Waals surface area (Å²) in [5.41, 5.74) is 1.89. The van der Waals surface area contributed by atoms with E-state index in [0.717, 1.165) is 24.5 Å². The van der Waals surface area contributed by atoms with Gasteiger partial charge in [0.1, 0.15) is 0 Å². The van der Waals surface area contributed by atoms with Gasteiger partial charge in [0, 0.05) is 24.5 Å². The van der Waals surface area contributed by atoms with Gasteiger partial charge in [0.25, 0.3) is 5.91 Å². The van der Waals surface area contributed by atoms with Gasteiger partial charge in [-0.25, -0.2) is 0 Å². The zero-order valence-electron chi connectivity index (χ0n) is 13.3. The van der Waals surface area contributed by atoms with Gasteiger partial charge >= 0.3 is 0 Å². The first-order valence-corrected chi connectivity index (χ1v) is 8.29. The first kappa shape index (κ1) is 15.4. The molecule has 0 aliphatic heterocycles. The van der Waals surface area contributed by atoms with Crippen molar-refractivity contribution >= 4 is 33.6 Å². The van der Waals surface area contributed by atoms with E-state index in [0.29, 0.717) is 15.8 Å². The number of nitrogens with zero attached hydrogens (tertiary/aromatic N) is 5. The normalized spacial score (nSPS) is 10.9. The van der Waals surface area contributed by atoms with Crippen LogP contribution in [0.15, 0.2) is 24.3 Å². The molecule has 3 aromatic rings. The lowest BCUT2D eigenvalue weighted by Gasteiger charge is -2.21. The fourth-order valence-electron chi connectivity index (χ4n) is 2.34. The molecular weight excluding hydrogens is 312 g/mol. The lowest BCUT2D eigenvalue weighted by molar-refractivity contribution is 0.102. The van der Waals surface area contributed by atoms with Crippen molar-refractivity contribution in [2.75, 3.05) is 23.3 Å². The molecule has 1 N–H and O–H groups in total. The van der Waals surface area contributed by atoms with Gasteiger partial charge in [0.15, 0.2) is 5.82 Å². The van der Waals surface area contributed by atoms with Crippen LogP contribution in [0.25, 0.3) is 4.96 Å². The summed E-state index contributed by atoms with van der Waals surface area (Å²) in [5, 5.41) is 15.3. The van der Waals surface area contributed by atoms with Gasteiger partial charge in [0.05, 0.1) is 0 Å². The number of anilines is 2. The first-order valence-electron chi connectivity index (χ1n) is 7.47. The zero-order valence-corrected chi connectivity index (χ0v) is 14.1. The number of carbonyl (C=O) groups excluding carboxylic acids is 1. The fraction of sp³-hybridized carbons (Fsp3) is 0.333. The molecule has 0 radical (unpaired) electrons. The van der Waals surface area contributed by atoms with Gasteiger partial charge in [-0.2, -0.15) is 4.52 Å². The Morgan fingerprint density at radius 3 is 2.52 bits per heavy atom. The van der Waals surface area contributed by atoms with E-state index in [1.807, 2.05) is 24.3 Å². The molecular formula is C15H18N6OS. The SMILES string of the molecule is CCN(CC)c1ccc(NC(=O)c2nn3c(C)nnc3s2)cc1. The van der Waals surface area contributed by atoms with Crippen LogP contribution in [0.1, 0.15) is 29.5 Å². The predicted octanol–water partition coefficient (Wildman–Crippen LogP) is 2.59. The average Bonchev–Trinajstić information content (AvgIpc) is 3.13. The summed E-state index contributed by atoms with van der Waals surface area (Å²) in [6.45, 7) is 7.94. The van der Waals surface area contributed by atoms with Gasteiger partial charge in [-0.1, -0.05) is 11.3 Å². The molecule has 120 valence electrons. The largest absolute Gasteiger partial charge is 0.372 e. The minimum Gasteiger partial charge on any atom is -0.372 e. The predicted molar refractivity (Wildman–Crippen MR) is 91.4 cm³/mol. The number of amides is 1. The molecule has 2 heterocycles. The summed E-state index contributed by atoms with van der Waals surface area (Å²) in [7, 11) is 0. The topological polar surface area (TPSA) is 75.4 Å². The Bertz CT molecular complexity index is 818. The maximum absolute atomic E-state index is 12.3. The van der Waals surface area contributed by atoms with Crippen LogP contribution in [-0.2, 0) is 0 Å². The van der Waals surface area contributed by atoms with E-state index in [4.69, 9.17) is 0 Å². The van der Waals surface area contributed by atoms with Crippen LogP contribution in [0.3, 0.4) is 0 Å². The highest BCUT2D eigenvalue weighted by Crippen LogP contribution is 2.19. The van der Waals surface area contributed by atoms with E-state index in [1.54, 1.807) is 11.4 Å². The Kier molecular flexibility index (Phi) is 4.24. The summed E-state index contributed by atoms with van der Waals surface area (Å²) in [4.78, 5) is 15.2. The monoisotopic (exact) mass is 330 g/mol. The van der Waals surface area contributed by atoms with Gasteiger partial charge in [-0.15, -0.1) is 15.3 Å². The van der Waals surface area contributed by atoms with E-state index in [9.17, 15) is 4.79 Å². The fourth-order valence-corrected chi connectivity index (χ4v) is 3.12. The summed E-state index contributed by atoms with van der Waals surface area (Å²) in [6.07, 6.45) is 0. The van der Waals surface area contributed by atoms with Crippen molar-refractivity contribution in [3.05, 3.63) is 35.1 Å². The van der Waals surface area contributed by atoms with Crippen LogP contribution in [0.4, 0.5) is 11.4 Å². The van der Waals surface area contributed by atoms with Crippen molar-refractivity contribution in [3.63, 3.8) is 0 Å². The molecule has 3 rings (SSSR count). The third-order valence-electron chi connectivity index (χ3n) is 3.59. The molecule has 0 atom stereocenters. The van der Waals surface area contributed by atoms with Crippen LogP contribution in [0.2, 0.25) is 0 Å². The van der Waals surface area contributed by atoms with Gasteiger partial charge in [0.2, 0.25) is 9.97 Å². The first-order chi connectivity index (χ1) is 11.1. The van der Waals surface area contributed by atoms with Crippen LogP contribution in [0, 0.1) is 6.92 Å². The van der Waals surface area contributed by atoms with Crippen LogP contribution in [0.5, 0.6) is 0 Å². The molecule has 0 fully saturated rings. The third kappa shape index (κ3) is 3.02. The van der Waals surface area contributed by atoms with Crippen molar-refractivity contribution < 1.29 is 4.79 Å². The second kappa shape index (κ2) is 6.33. The standard InChI is InChI=1S/C15H18N6OS/c1-4-20(5-2)12-8-6-11(7-9-12)16-13(22)14-19-21-10(3)17-18-15(21)23-14/h6-9H,4-5H2,1-3H3,(H,16,22). The molecule has 1 amide bonds. The lowest BCUT2D eigenvalue weighted by atomic mass is 10.2. The van der Waals surface area contributed by atoms with Gasteiger partial charge in [-0.05, 0) is 45.0 Å². The maximum Gasteiger partial charge on any atom is 0.286 e. The molecule has 0 saturated carbocycles. The van der Waals surface area contributed by atoms with Crippen LogP contribution in [-0.4, -0.2) is 38.8 Å². The molecule has 0 spiro atoms. The minimum atomic E-state index is -0.240. The Labute approximate surface area is 138 Å². The van der Waals surface area contributed by atoms with E-state index in [2.05, 4.69) is 39.4 Å². The smallest absolute Gasteiger partial charge is 0.286 e. The molecule has 0 unspecified atom stereocenters. The van der Waals surface area contributed by atoms with Crippen molar-refractivity contribution in [2.45, 2.75) is 20.8 Å². The van der Waals surface area contributed by atoms with Crippen molar-refractivity contribution in [2.24, 2.45) is 0 Å². The molecule has 0 aliphatic carbocycles. The molecule has 0 aliphatic rings. The molecule has 7 nitrogen and oxygen atoms in total. The highest BCUT2D eigenvalue weighted by Gasteiger charge is 2.15. The number of benzene rings is 1. The zero-order chi connectivity index (χ0) is 16.4. The summed E-state index contributed by atoms with van der Waals surface area (Å²) in [6, 6.07) is 7.81. The summed E-state index contributed by atoms with van der Waals surface area (Å²) in [5.74, 6) is 0.425. The number of aromatic nitrogens is 4.